The maximum Gasteiger partial charge on any atom is 0.219 e. The van der Waals surface area contributed by atoms with Crippen LogP contribution in [0.25, 0.3) is 0 Å². The van der Waals surface area contributed by atoms with Gasteiger partial charge in [-0.15, -0.1) is 12.4 Å². The normalized spacial score (nSPS) is 10.8. The summed E-state index contributed by atoms with van der Waals surface area (Å²) in [7, 11) is 0. The number of hydrogen-bond acceptors (Lipinski definition) is 2. The Morgan fingerprint density at radius 1 is 0.800 bits per heavy atom. The number of halogens is 1. The number of aliphatic hydroxyl groups excluding tert-OH is 1. The SMILES string of the molecule is CCCCCCCCC=CCCCCCCCC(=O)NCCCO.Cl. The second kappa shape index (κ2) is 23.5. The van der Waals surface area contributed by atoms with Gasteiger partial charge in [-0.2, -0.15) is 0 Å². The van der Waals surface area contributed by atoms with E-state index in [2.05, 4.69) is 24.4 Å². The van der Waals surface area contributed by atoms with Gasteiger partial charge in [0.25, 0.3) is 0 Å². The highest BCUT2D eigenvalue weighted by Gasteiger charge is 1.99. The standard InChI is InChI=1S/C21H41NO2.ClH/c1-2-3-4-5-6-7-8-9-10-11-12-13-14-15-16-18-21(24)22-19-17-20-23;/h9-10,23H,2-8,11-20H2,1H3,(H,22,24);1H. The molecule has 0 heterocycles. The third kappa shape index (κ3) is 23.5. The summed E-state index contributed by atoms with van der Waals surface area (Å²) in [6.45, 7) is 3.01. The molecule has 0 radical (unpaired) electrons. The molecule has 0 aliphatic heterocycles. The van der Waals surface area contributed by atoms with Crippen molar-refractivity contribution < 1.29 is 9.90 Å². The highest BCUT2D eigenvalue weighted by atomic mass is 35.5. The van der Waals surface area contributed by atoms with E-state index >= 15 is 0 Å². The molecule has 0 aliphatic rings. The van der Waals surface area contributed by atoms with Crippen LogP contribution in [0.4, 0.5) is 0 Å². The van der Waals surface area contributed by atoms with E-state index < -0.39 is 0 Å². The van der Waals surface area contributed by atoms with Crippen LogP contribution in [0, 0.1) is 0 Å². The first-order valence-corrected chi connectivity index (χ1v) is 10.3. The lowest BCUT2D eigenvalue weighted by Gasteiger charge is -2.03. The number of amides is 1. The van der Waals surface area contributed by atoms with E-state index in [4.69, 9.17) is 5.11 Å². The van der Waals surface area contributed by atoms with E-state index in [9.17, 15) is 4.79 Å². The Morgan fingerprint density at radius 2 is 1.32 bits per heavy atom. The molecule has 0 unspecified atom stereocenters. The zero-order valence-electron chi connectivity index (χ0n) is 16.4. The summed E-state index contributed by atoms with van der Waals surface area (Å²) in [6.07, 6.45) is 22.6. The van der Waals surface area contributed by atoms with E-state index in [-0.39, 0.29) is 24.9 Å². The van der Waals surface area contributed by atoms with E-state index in [0.29, 0.717) is 19.4 Å². The van der Waals surface area contributed by atoms with Gasteiger partial charge in [0.2, 0.25) is 5.91 Å². The fourth-order valence-corrected chi connectivity index (χ4v) is 2.75. The Bertz CT molecular complexity index is 296. The average Bonchev–Trinajstić information content (AvgIpc) is 2.58. The van der Waals surface area contributed by atoms with Gasteiger partial charge in [0.15, 0.2) is 0 Å². The fraction of sp³-hybridized carbons (Fsp3) is 0.857. The van der Waals surface area contributed by atoms with Gasteiger partial charge in [-0.05, 0) is 38.5 Å². The van der Waals surface area contributed by atoms with Gasteiger partial charge in [-0.3, -0.25) is 4.79 Å². The predicted octanol–water partition coefficient (Wildman–Crippen LogP) is 5.94. The van der Waals surface area contributed by atoms with Crippen LogP contribution in [0.3, 0.4) is 0 Å². The van der Waals surface area contributed by atoms with E-state index in [1.165, 1.54) is 70.6 Å². The van der Waals surface area contributed by atoms with Gasteiger partial charge < -0.3 is 10.4 Å². The number of hydrogen-bond donors (Lipinski definition) is 2. The number of allylic oxidation sites excluding steroid dienone is 2. The largest absolute Gasteiger partial charge is 0.396 e. The van der Waals surface area contributed by atoms with Crippen molar-refractivity contribution in [1.29, 1.82) is 0 Å². The molecule has 2 N–H and O–H groups in total. The molecule has 0 bridgehead atoms. The first-order valence-electron chi connectivity index (χ1n) is 10.3. The first kappa shape index (κ1) is 26.7. The van der Waals surface area contributed by atoms with Gasteiger partial charge in [0.05, 0.1) is 0 Å². The van der Waals surface area contributed by atoms with Crippen molar-refractivity contribution in [3.63, 3.8) is 0 Å². The topological polar surface area (TPSA) is 49.3 Å². The molecule has 4 heteroatoms. The summed E-state index contributed by atoms with van der Waals surface area (Å²) >= 11 is 0. The highest BCUT2D eigenvalue weighted by Crippen LogP contribution is 2.09. The molecular formula is C21H42ClNO2. The quantitative estimate of drug-likeness (QED) is 0.230. The summed E-state index contributed by atoms with van der Waals surface area (Å²) in [6, 6.07) is 0. The molecule has 0 rings (SSSR count). The van der Waals surface area contributed by atoms with Gasteiger partial charge >= 0.3 is 0 Å². The van der Waals surface area contributed by atoms with Crippen molar-refractivity contribution in [2.24, 2.45) is 0 Å². The second-order valence-corrected chi connectivity index (χ2v) is 6.76. The predicted molar refractivity (Wildman–Crippen MR) is 111 cm³/mol. The van der Waals surface area contributed by atoms with Crippen LogP contribution in [0.2, 0.25) is 0 Å². The molecule has 0 aromatic rings. The zero-order valence-corrected chi connectivity index (χ0v) is 17.3. The number of unbranched alkanes of at least 4 members (excludes halogenated alkanes) is 11. The van der Waals surface area contributed by atoms with Crippen LogP contribution < -0.4 is 5.32 Å². The minimum Gasteiger partial charge on any atom is -0.396 e. The number of nitrogens with one attached hydrogen (secondary N) is 1. The van der Waals surface area contributed by atoms with Crippen molar-refractivity contribution in [2.75, 3.05) is 13.2 Å². The van der Waals surface area contributed by atoms with Gasteiger partial charge in [-0.25, -0.2) is 0 Å². The average molecular weight is 376 g/mol. The van der Waals surface area contributed by atoms with E-state index in [1.807, 2.05) is 0 Å². The van der Waals surface area contributed by atoms with E-state index in [0.717, 1.165) is 12.8 Å². The molecule has 0 saturated carbocycles. The maximum absolute atomic E-state index is 11.4. The molecule has 0 saturated heterocycles. The Kier molecular flexibility index (Phi) is 25.0. The summed E-state index contributed by atoms with van der Waals surface area (Å²) < 4.78 is 0. The van der Waals surface area contributed by atoms with Gasteiger partial charge in [-0.1, -0.05) is 70.4 Å². The lowest BCUT2D eigenvalue weighted by atomic mass is 10.1. The number of rotatable bonds is 18. The van der Waals surface area contributed by atoms with Crippen molar-refractivity contribution in [3.8, 4) is 0 Å². The van der Waals surface area contributed by atoms with Crippen molar-refractivity contribution in [3.05, 3.63) is 12.2 Å². The Hall–Kier alpha value is -0.540. The fourth-order valence-electron chi connectivity index (χ4n) is 2.75. The molecule has 0 fully saturated rings. The molecule has 0 aromatic heterocycles. The highest BCUT2D eigenvalue weighted by molar-refractivity contribution is 5.85. The zero-order chi connectivity index (χ0) is 17.7. The Balaban J connectivity index is 0. The van der Waals surface area contributed by atoms with E-state index in [1.54, 1.807) is 0 Å². The summed E-state index contributed by atoms with van der Waals surface area (Å²) in [5.74, 6) is 0.126. The van der Waals surface area contributed by atoms with Crippen molar-refractivity contribution in [1.82, 2.24) is 5.32 Å². The van der Waals surface area contributed by atoms with Crippen molar-refractivity contribution in [2.45, 2.75) is 103 Å². The van der Waals surface area contributed by atoms with Crippen molar-refractivity contribution >= 4 is 18.3 Å². The first-order chi connectivity index (χ1) is 11.8. The van der Waals surface area contributed by atoms with Crippen LogP contribution in [0.15, 0.2) is 12.2 Å². The molecule has 0 aromatic carbocycles. The summed E-state index contributed by atoms with van der Waals surface area (Å²) in [5, 5.41) is 11.5. The molecule has 0 aliphatic carbocycles. The number of carbonyl (C=O) groups is 1. The molecule has 1 amide bonds. The monoisotopic (exact) mass is 375 g/mol. The molecule has 25 heavy (non-hydrogen) atoms. The van der Waals surface area contributed by atoms with Crippen LogP contribution in [0.5, 0.6) is 0 Å². The third-order valence-electron chi connectivity index (χ3n) is 4.32. The van der Waals surface area contributed by atoms with Crippen LogP contribution in [0.1, 0.15) is 103 Å². The minimum absolute atomic E-state index is 0. The van der Waals surface area contributed by atoms with Gasteiger partial charge in [0.1, 0.15) is 0 Å². The lowest BCUT2D eigenvalue weighted by molar-refractivity contribution is -0.121. The number of aliphatic hydroxyl groups is 1. The van der Waals surface area contributed by atoms with Crippen LogP contribution >= 0.6 is 12.4 Å². The summed E-state index contributed by atoms with van der Waals surface area (Å²) in [5.41, 5.74) is 0. The molecule has 3 nitrogen and oxygen atoms in total. The second-order valence-electron chi connectivity index (χ2n) is 6.76. The maximum atomic E-state index is 11.4. The number of carbonyl (C=O) groups excluding carboxylic acids is 1. The van der Waals surface area contributed by atoms with Crippen LogP contribution in [-0.2, 0) is 4.79 Å². The Labute approximate surface area is 162 Å². The molecule has 150 valence electrons. The van der Waals surface area contributed by atoms with Crippen LogP contribution in [-0.4, -0.2) is 24.2 Å². The minimum atomic E-state index is 0. The Morgan fingerprint density at radius 3 is 1.88 bits per heavy atom. The van der Waals surface area contributed by atoms with Gasteiger partial charge in [0, 0.05) is 19.6 Å². The molecular weight excluding hydrogens is 334 g/mol. The molecule has 0 spiro atoms. The molecule has 0 atom stereocenters. The third-order valence-corrected chi connectivity index (χ3v) is 4.32. The summed E-state index contributed by atoms with van der Waals surface area (Å²) in [4.78, 5) is 11.4. The lowest BCUT2D eigenvalue weighted by Crippen LogP contribution is -2.24. The smallest absolute Gasteiger partial charge is 0.219 e.